The predicted octanol–water partition coefficient (Wildman–Crippen LogP) is 3.36. The second kappa shape index (κ2) is 10.3. The van der Waals surface area contributed by atoms with Gasteiger partial charge >= 0.3 is 0 Å². The molecule has 2 amide bonds. The molecular formula is C23H25N3O4. The molecule has 0 bridgehead atoms. The summed E-state index contributed by atoms with van der Waals surface area (Å²) < 4.78 is 11.1. The topological polar surface area (TPSA) is 91.7 Å². The summed E-state index contributed by atoms with van der Waals surface area (Å²) >= 11 is 0. The molecule has 2 aromatic rings. The molecule has 7 nitrogen and oxygen atoms in total. The molecule has 0 fully saturated rings. The first-order valence-corrected chi connectivity index (χ1v) is 9.99. The molecule has 1 aliphatic heterocycles. The molecular weight excluding hydrogens is 382 g/mol. The lowest BCUT2D eigenvalue weighted by Gasteiger charge is -2.22. The van der Waals surface area contributed by atoms with Crippen LogP contribution in [-0.4, -0.2) is 31.6 Å². The highest BCUT2D eigenvalue weighted by atomic mass is 16.6. The van der Waals surface area contributed by atoms with Gasteiger partial charge in [0.05, 0.1) is 18.5 Å². The smallest absolute Gasteiger partial charge is 0.227 e. The number of para-hydroxylation sites is 1. The first-order valence-electron chi connectivity index (χ1n) is 9.99. The second-order valence-electron chi connectivity index (χ2n) is 6.98. The molecule has 1 N–H and O–H groups in total. The van der Waals surface area contributed by atoms with Gasteiger partial charge < -0.3 is 19.7 Å². The highest BCUT2D eigenvalue weighted by Gasteiger charge is 2.19. The number of ether oxygens (including phenoxy) is 2. The average molecular weight is 407 g/mol. The Labute approximate surface area is 176 Å². The fourth-order valence-electron chi connectivity index (χ4n) is 3.25. The van der Waals surface area contributed by atoms with Gasteiger partial charge in [0.1, 0.15) is 13.2 Å². The fraction of sp³-hybridized carbons (Fsp3) is 0.348. The first kappa shape index (κ1) is 21.2. The molecule has 0 aliphatic carbocycles. The number of rotatable bonds is 8. The van der Waals surface area contributed by atoms with Crippen molar-refractivity contribution >= 4 is 17.5 Å². The van der Waals surface area contributed by atoms with Gasteiger partial charge in [0.2, 0.25) is 11.8 Å². The normalized spacial score (nSPS) is 13.1. The predicted molar refractivity (Wildman–Crippen MR) is 112 cm³/mol. The van der Waals surface area contributed by atoms with E-state index >= 15 is 0 Å². The van der Waals surface area contributed by atoms with Crippen molar-refractivity contribution in [3.05, 3.63) is 54.1 Å². The fourth-order valence-corrected chi connectivity index (χ4v) is 3.25. The molecule has 0 aromatic heterocycles. The number of fused-ring (bicyclic) bond motifs is 1. The Morgan fingerprint density at radius 2 is 1.83 bits per heavy atom. The van der Waals surface area contributed by atoms with Crippen LogP contribution in [0.5, 0.6) is 11.5 Å². The Balaban J connectivity index is 1.55. The van der Waals surface area contributed by atoms with E-state index in [1.165, 1.54) is 0 Å². The molecule has 0 radical (unpaired) electrons. The lowest BCUT2D eigenvalue weighted by Crippen LogP contribution is -2.33. The number of nitrogens with one attached hydrogen (secondary N) is 1. The van der Waals surface area contributed by atoms with Crippen molar-refractivity contribution in [2.75, 3.05) is 24.7 Å². The van der Waals surface area contributed by atoms with E-state index in [0.717, 1.165) is 11.3 Å². The summed E-state index contributed by atoms with van der Waals surface area (Å²) in [5.41, 5.74) is 1.63. The van der Waals surface area contributed by atoms with Gasteiger partial charge in [0.25, 0.3) is 0 Å². The van der Waals surface area contributed by atoms with E-state index in [9.17, 15) is 9.59 Å². The Kier molecular flexibility index (Phi) is 7.28. The summed E-state index contributed by atoms with van der Waals surface area (Å²) in [5.74, 6) is 0.983. The van der Waals surface area contributed by atoms with E-state index in [-0.39, 0.29) is 37.1 Å². The molecule has 1 aliphatic rings. The Hall–Kier alpha value is -3.53. The minimum Gasteiger partial charge on any atom is -0.486 e. The third-order valence-corrected chi connectivity index (χ3v) is 4.83. The number of nitriles is 1. The largest absolute Gasteiger partial charge is 0.486 e. The van der Waals surface area contributed by atoms with Crippen molar-refractivity contribution < 1.29 is 19.1 Å². The number of hydrogen-bond acceptors (Lipinski definition) is 5. The van der Waals surface area contributed by atoms with Crippen LogP contribution in [0.25, 0.3) is 0 Å². The summed E-state index contributed by atoms with van der Waals surface area (Å²) in [4.78, 5) is 26.6. The lowest BCUT2D eigenvalue weighted by atomic mass is 10.1. The van der Waals surface area contributed by atoms with Gasteiger partial charge in [-0.25, -0.2) is 0 Å². The van der Waals surface area contributed by atoms with Crippen molar-refractivity contribution in [1.82, 2.24) is 5.32 Å². The zero-order valence-electron chi connectivity index (χ0n) is 17.0. The number of carbonyl (C=O) groups is 2. The van der Waals surface area contributed by atoms with Crippen molar-refractivity contribution in [2.45, 2.75) is 32.2 Å². The quantitative estimate of drug-likeness (QED) is 0.724. The van der Waals surface area contributed by atoms with Gasteiger partial charge in [0, 0.05) is 25.1 Å². The van der Waals surface area contributed by atoms with Crippen LogP contribution in [0, 0.1) is 11.3 Å². The second-order valence-corrected chi connectivity index (χ2v) is 6.98. The third kappa shape index (κ3) is 5.51. The molecule has 156 valence electrons. The molecule has 1 atom stereocenters. The van der Waals surface area contributed by atoms with Crippen LogP contribution in [0.2, 0.25) is 0 Å². The SMILES string of the molecule is CC(NC(=O)CCC(=O)N(CCC#N)c1ccccc1)c1ccc2c(c1)OCCO2. The molecule has 3 rings (SSSR count). The molecule has 7 heteroatoms. The van der Waals surface area contributed by atoms with Crippen LogP contribution in [0.4, 0.5) is 5.69 Å². The van der Waals surface area contributed by atoms with Gasteiger partial charge in [-0.05, 0) is 36.8 Å². The van der Waals surface area contributed by atoms with Crippen molar-refractivity contribution in [3.63, 3.8) is 0 Å². The number of amides is 2. The summed E-state index contributed by atoms with van der Waals surface area (Å²) in [6.07, 6.45) is 0.373. The van der Waals surface area contributed by atoms with Crippen molar-refractivity contribution in [1.29, 1.82) is 5.26 Å². The van der Waals surface area contributed by atoms with Gasteiger partial charge in [-0.2, -0.15) is 5.26 Å². The molecule has 1 unspecified atom stereocenters. The highest BCUT2D eigenvalue weighted by Crippen LogP contribution is 2.32. The van der Waals surface area contributed by atoms with Crippen LogP contribution in [0.1, 0.15) is 37.8 Å². The van der Waals surface area contributed by atoms with E-state index in [1.807, 2.05) is 55.5 Å². The number of carbonyl (C=O) groups excluding carboxylic acids is 2. The summed E-state index contributed by atoms with van der Waals surface area (Å²) in [7, 11) is 0. The maximum absolute atomic E-state index is 12.7. The maximum atomic E-state index is 12.7. The molecule has 0 spiro atoms. The van der Waals surface area contributed by atoms with Gasteiger partial charge in [-0.1, -0.05) is 24.3 Å². The lowest BCUT2D eigenvalue weighted by molar-refractivity contribution is -0.125. The monoisotopic (exact) mass is 407 g/mol. The zero-order chi connectivity index (χ0) is 21.3. The molecule has 0 saturated heterocycles. The van der Waals surface area contributed by atoms with Crippen molar-refractivity contribution in [3.8, 4) is 17.6 Å². The highest BCUT2D eigenvalue weighted by molar-refractivity contribution is 5.95. The van der Waals surface area contributed by atoms with Crippen LogP contribution in [0.15, 0.2) is 48.5 Å². The Morgan fingerprint density at radius 3 is 2.57 bits per heavy atom. The minimum absolute atomic E-state index is 0.0695. The van der Waals surface area contributed by atoms with Gasteiger partial charge in [-0.3, -0.25) is 9.59 Å². The van der Waals surface area contributed by atoms with Crippen LogP contribution in [0.3, 0.4) is 0 Å². The standard InChI is InChI=1S/C23H25N3O4/c1-17(18-8-9-20-21(16-18)30-15-14-29-20)25-22(27)10-11-23(28)26(13-5-12-24)19-6-3-2-4-7-19/h2-4,6-9,16-17H,5,10-11,13-15H2,1H3,(H,25,27). The van der Waals surface area contributed by atoms with Gasteiger partial charge in [-0.15, -0.1) is 0 Å². The van der Waals surface area contributed by atoms with E-state index in [4.69, 9.17) is 14.7 Å². The maximum Gasteiger partial charge on any atom is 0.227 e. The first-order chi connectivity index (χ1) is 14.6. The van der Waals surface area contributed by atoms with Crippen LogP contribution >= 0.6 is 0 Å². The van der Waals surface area contributed by atoms with Crippen molar-refractivity contribution in [2.24, 2.45) is 0 Å². The average Bonchev–Trinajstić information content (AvgIpc) is 2.78. The molecule has 1 heterocycles. The molecule has 0 saturated carbocycles. The van der Waals surface area contributed by atoms with E-state index < -0.39 is 0 Å². The summed E-state index contributed by atoms with van der Waals surface area (Å²) in [6.45, 7) is 3.22. The summed E-state index contributed by atoms with van der Waals surface area (Å²) in [6, 6.07) is 16.6. The Bertz CT molecular complexity index is 924. The number of nitrogens with zero attached hydrogens (tertiary/aromatic N) is 2. The van der Waals surface area contributed by atoms with Crippen LogP contribution in [-0.2, 0) is 9.59 Å². The number of benzene rings is 2. The molecule has 30 heavy (non-hydrogen) atoms. The third-order valence-electron chi connectivity index (χ3n) is 4.83. The minimum atomic E-state index is -0.229. The van der Waals surface area contributed by atoms with Gasteiger partial charge in [0.15, 0.2) is 11.5 Å². The van der Waals surface area contributed by atoms with E-state index in [2.05, 4.69) is 11.4 Å². The van der Waals surface area contributed by atoms with E-state index in [0.29, 0.717) is 31.3 Å². The van der Waals surface area contributed by atoms with E-state index in [1.54, 1.807) is 4.90 Å². The number of hydrogen-bond donors (Lipinski definition) is 1. The van der Waals surface area contributed by atoms with Crippen LogP contribution < -0.4 is 19.7 Å². The Morgan fingerprint density at radius 1 is 1.10 bits per heavy atom. The molecule has 2 aromatic carbocycles. The zero-order valence-corrected chi connectivity index (χ0v) is 17.0. The number of anilines is 1. The summed E-state index contributed by atoms with van der Waals surface area (Å²) in [5, 5.41) is 11.8.